The average molecular weight is 621 g/mol. The van der Waals surface area contributed by atoms with E-state index in [0.717, 1.165) is 38.4 Å². The van der Waals surface area contributed by atoms with Gasteiger partial charge >= 0.3 is 7.60 Å². The summed E-state index contributed by atoms with van der Waals surface area (Å²) in [7, 11) is -4.97. The van der Waals surface area contributed by atoms with Crippen LogP contribution in [-0.2, 0) is 13.6 Å². The van der Waals surface area contributed by atoms with Gasteiger partial charge in [-0.25, -0.2) is 0 Å². The second-order valence-corrected chi connectivity index (χ2v) is 16.0. The van der Waals surface area contributed by atoms with E-state index >= 15 is 0 Å². The minimum atomic E-state index is -3.21. The molecule has 7 heteroatoms. The summed E-state index contributed by atoms with van der Waals surface area (Å²) in [6.45, 7) is 9.06. The molecular formula is C31H44BrNO3P2. The molecule has 0 unspecified atom stereocenters. The van der Waals surface area contributed by atoms with Gasteiger partial charge in [0.25, 0.3) is 0 Å². The maximum absolute atomic E-state index is 13.2. The van der Waals surface area contributed by atoms with Gasteiger partial charge in [-0.15, -0.1) is 0 Å². The fraction of sp³-hybridized carbons (Fsp3) is 0.419. The first kappa shape index (κ1) is 32.9. The third-order valence-corrected chi connectivity index (χ3v) is 14.1. The Morgan fingerprint density at radius 2 is 1.08 bits per heavy atom. The van der Waals surface area contributed by atoms with Gasteiger partial charge in [0.1, 0.15) is 28.5 Å². The molecule has 0 bridgehead atoms. The molecule has 4 nitrogen and oxygen atoms in total. The summed E-state index contributed by atoms with van der Waals surface area (Å²) in [5.74, 6) is 0. The van der Waals surface area contributed by atoms with E-state index in [0.29, 0.717) is 13.2 Å². The Labute approximate surface area is 241 Å². The lowest BCUT2D eigenvalue weighted by molar-refractivity contribution is -0.0000121. The predicted octanol–water partition coefficient (Wildman–Crippen LogP) is 4.14. The Balaban J connectivity index is 0.00000507. The molecule has 0 atom stereocenters. The van der Waals surface area contributed by atoms with Crippen molar-refractivity contribution in [3.05, 3.63) is 91.0 Å². The highest BCUT2D eigenvalue weighted by Gasteiger charge is 2.45. The number of nitrogens with one attached hydrogen (secondary N) is 1. The van der Waals surface area contributed by atoms with Gasteiger partial charge in [0.05, 0.1) is 19.4 Å². The van der Waals surface area contributed by atoms with Crippen molar-refractivity contribution in [1.29, 1.82) is 0 Å². The van der Waals surface area contributed by atoms with Crippen molar-refractivity contribution >= 4 is 30.8 Å². The smallest absolute Gasteiger partial charge is 0.349 e. The van der Waals surface area contributed by atoms with Crippen LogP contribution in [0, 0.1) is 0 Å². The monoisotopic (exact) mass is 619 g/mol. The highest BCUT2D eigenvalue weighted by Crippen LogP contribution is 2.58. The minimum absolute atomic E-state index is 0. The summed E-state index contributed by atoms with van der Waals surface area (Å²) >= 11 is 0. The topological polar surface area (TPSA) is 47.6 Å². The first-order chi connectivity index (χ1) is 17.9. The largest absolute Gasteiger partial charge is 1.00 e. The number of halogens is 1. The van der Waals surface area contributed by atoms with E-state index in [9.17, 15) is 4.57 Å². The Hall–Kier alpha value is -1.32. The standard InChI is InChI=1S/C31H44NO3P2.BrH/c1-5-34-37(33,35-6-2)31(3,4)32-26-18-7-8-19-27-36(28-20-12-9-13-21-28,29-22-14-10-15-23-29)30-24-16-11-17-25-30;/h9-17,20-25,32H,5-8,18-19,26-27H2,1-4H3;1H/q+1;/p-1. The fourth-order valence-corrected chi connectivity index (χ4v) is 11.0. The van der Waals surface area contributed by atoms with Crippen molar-refractivity contribution in [2.24, 2.45) is 0 Å². The normalized spacial score (nSPS) is 12.2. The van der Waals surface area contributed by atoms with Gasteiger partial charge in [-0.05, 0) is 89.9 Å². The highest BCUT2D eigenvalue weighted by atomic mass is 79.9. The number of benzene rings is 3. The Morgan fingerprint density at radius 3 is 1.47 bits per heavy atom. The SMILES string of the molecule is CCOP(=O)(OCC)C(C)(C)NCCCCCC[P+](c1ccccc1)(c1ccccc1)c1ccccc1.[Br-]. The molecule has 0 aliphatic carbocycles. The maximum Gasteiger partial charge on any atom is 0.349 e. The first-order valence-electron chi connectivity index (χ1n) is 13.6. The summed E-state index contributed by atoms with van der Waals surface area (Å²) in [6.07, 6.45) is 5.61. The molecule has 3 aromatic carbocycles. The minimum Gasteiger partial charge on any atom is -1.00 e. The van der Waals surface area contributed by atoms with E-state index in [1.54, 1.807) is 0 Å². The first-order valence-corrected chi connectivity index (χ1v) is 17.1. The zero-order valence-electron chi connectivity index (χ0n) is 23.3. The van der Waals surface area contributed by atoms with Crippen LogP contribution in [0.25, 0.3) is 0 Å². The molecule has 0 aliphatic rings. The van der Waals surface area contributed by atoms with E-state index in [1.165, 1.54) is 15.9 Å². The number of hydrogen-bond acceptors (Lipinski definition) is 4. The molecule has 0 radical (unpaired) electrons. The van der Waals surface area contributed by atoms with Crippen LogP contribution in [0.4, 0.5) is 0 Å². The average Bonchev–Trinajstić information content (AvgIpc) is 2.92. The fourth-order valence-electron chi connectivity index (χ4n) is 4.90. The van der Waals surface area contributed by atoms with Crippen molar-refractivity contribution in [2.45, 2.75) is 58.7 Å². The summed E-state index contributed by atoms with van der Waals surface area (Å²) in [4.78, 5) is 0. The number of hydrogen-bond donors (Lipinski definition) is 1. The highest BCUT2D eigenvalue weighted by molar-refractivity contribution is 7.95. The van der Waals surface area contributed by atoms with Gasteiger partial charge in [-0.3, -0.25) is 4.57 Å². The van der Waals surface area contributed by atoms with Gasteiger partial charge in [-0.2, -0.15) is 0 Å². The van der Waals surface area contributed by atoms with Crippen LogP contribution in [0.2, 0.25) is 0 Å². The van der Waals surface area contributed by atoms with Gasteiger partial charge in [0.2, 0.25) is 0 Å². The van der Waals surface area contributed by atoms with E-state index in [4.69, 9.17) is 9.05 Å². The van der Waals surface area contributed by atoms with Gasteiger partial charge in [0, 0.05) is 0 Å². The predicted molar refractivity (Wildman–Crippen MR) is 161 cm³/mol. The lowest BCUT2D eigenvalue weighted by Crippen LogP contribution is -3.00. The molecule has 3 rings (SSSR count). The van der Waals surface area contributed by atoms with E-state index in [-0.39, 0.29) is 17.0 Å². The van der Waals surface area contributed by atoms with E-state index in [2.05, 4.69) is 96.3 Å². The van der Waals surface area contributed by atoms with Crippen molar-refractivity contribution in [3.63, 3.8) is 0 Å². The third-order valence-electron chi connectivity index (χ3n) is 6.85. The van der Waals surface area contributed by atoms with Crippen LogP contribution >= 0.6 is 14.9 Å². The molecule has 1 N–H and O–H groups in total. The molecular weight excluding hydrogens is 576 g/mol. The molecule has 0 amide bonds. The van der Waals surface area contributed by atoms with Crippen molar-refractivity contribution in [2.75, 3.05) is 25.9 Å². The quantitative estimate of drug-likeness (QED) is 0.193. The Bertz CT molecular complexity index is 991. The zero-order valence-corrected chi connectivity index (χ0v) is 26.7. The Kier molecular flexibility index (Phi) is 13.9. The molecule has 0 saturated heterocycles. The van der Waals surface area contributed by atoms with Crippen LogP contribution in [0.15, 0.2) is 91.0 Å². The van der Waals surface area contributed by atoms with E-state index in [1.807, 2.05) is 27.7 Å². The number of rotatable bonds is 16. The van der Waals surface area contributed by atoms with Crippen LogP contribution in [0.3, 0.4) is 0 Å². The molecule has 0 aliphatic heterocycles. The van der Waals surface area contributed by atoms with Crippen molar-refractivity contribution in [3.8, 4) is 0 Å². The van der Waals surface area contributed by atoms with Gasteiger partial charge in [-0.1, -0.05) is 61.0 Å². The van der Waals surface area contributed by atoms with Crippen LogP contribution in [0.5, 0.6) is 0 Å². The summed E-state index contributed by atoms with van der Waals surface area (Å²) in [5.41, 5.74) is 0. The lowest BCUT2D eigenvalue weighted by atomic mass is 10.2. The number of unbranched alkanes of at least 4 members (excludes halogenated alkanes) is 3. The van der Waals surface area contributed by atoms with Crippen LogP contribution < -0.4 is 38.2 Å². The van der Waals surface area contributed by atoms with Crippen molar-refractivity contribution in [1.82, 2.24) is 5.32 Å². The molecule has 0 spiro atoms. The van der Waals surface area contributed by atoms with Crippen LogP contribution in [0.1, 0.15) is 53.4 Å². The molecule has 0 aromatic heterocycles. The molecule has 3 aromatic rings. The summed E-state index contributed by atoms with van der Waals surface area (Å²) < 4.78 is 24.3. The van der Waals surface area contributed by atoms with Crippen LogP contribution in [-0.4, -0.2) is 31.2 Å². The maximum atomic E-state index is 13.2. The second-order valence-electron chi connectivity index (χ2n) is 9.77. The van der Waals surface area contributed by atoms with E-state index < -0.39 is 20.1 Å². The summed E-state index contributed by atoms with van der Waals surface area (Å²) in [5, 5.41) is 7.06. The molecule has 0 heterocycles. The van der Waals surface area contributed by atoms with Gasteiger partial charge < -0.3 is 31.3 Å². The van der Waals surface area contributed by atoms with Gasteiger partial charge in [0.15, 0.2) is 0 Å². The molecule has 208 valence electrons. The Morgan fingerprint density at radius 1 is 0.684 bits per heavy atom. The summed E-state index contributed by atoms with van der Waals surface area (Å²) in [6, 6.07) is 33.3. The molecule has 0 saturated carbocycles. The lowest BCUT2D eigenvalue weighted by Gasteiger charge is -2.33. The second kappa shape index (κ2) is 16.1. The molecule has 0 fully saturated rings. The third kappa shape index (κ3) is 8.10. The molecule has 38 heavy (non-hydrogen) atoms. The zero-order chi connectivity index (χ0) is 26.6. The van der Waals surface area contributed by atoms with Crippen molar-refractivity contribution < 1.29 is 30.6 Å².